The lowest BCUT2D eigenvalue weighted by atomic mass is 9.84. The predicted octanol–water partition coefficient (Wildman–Crippen LogP) is 2.73. The average Bonchev–Trinajstić information content (AvgIpc) is 2.62. The molecule has 1 aliphatic rings. The number of hydrogen-bond donors (Lipinski definition) is 3. The monoisotopic (exact) mass is 342 g/mol. The number of amides is 1. The predicted molar refractivity (Wildman–Crippen MR) is 93.6 cm³/mol. The lowest BCUT2D eigenvalue weighted by molar-refractivity contribution is 0.136. The summed E-state index contributed by atoms with van der Waals surface area (Å²) < 4.78 is 10.7. The molecule has 0 bridgehead atoms. The molecule has 2 aromatic carbocycles. The Bertz CT molecular complexity index is 721. The van der Waals surface area contributed by atoms with Crippen LogP contribution < -0.4 is 15.6 Å². The number of hydrazine groups is 1. The Balaban J connectivity index is 1.82. The Morgan fingerprint density at radius 1 is 1.28 bits per heavy atom. The Labute approximate surface area is 146 Å². The molecule has 0 saturated carbocycles. The zero-order valence-corrected chi connectivity index (χ0v) is 14.1. The van der Waals surface area contributed by atoms with Crippen LogP contribution in [0.4, 0.5) is 4.79 Å². The fourth-order valence-electron chi connectivity index (χ4n) is 3.05. The van der Waals surface area contributed by atoms with Crippen LogP contribution in [0.5, 0.6) is 11.5 Å². The molecule has 0 saturated heterocycles. The van der Waals surface area contributed by atoms with Crippen LogP contribution in [-0.4, -0.2) is 30.5 Å². The first-order chi connectivity index (χ1) is 12.2. The van der Waals surface area contributed by atoms with Gasteiger partial charge in [0.1, 0.15) is 18.1 Å². The Hall–Kier alpha value is -2.73. The number of nitrogens with one attached hydrogen (secondary N) is 2. The van der Waals surface area contributed by atoms with Gasteiger partial charge in [-0.05, 0) is 37.1 Å². The summed E-state index contributed by atoms with van der Waals surface area (Å²) in [5, 5.41) is 9.88. The number of benzene rings is 2. The van der Waals surface area contributed by atoms with Gasteiger partial charge in [0.05, 0.1) is 12.6 Å². The SMILES string of the molecule is CCOC(=O)NNC1COc2ccc(O)cc2C1Cc1ccccc1. The van der Waals surface area contributed by atoms with Crippen molar-refractivity contribution >= 4 is 6.09 Å². The molecule has 0 radical (unpaired) electrons. The van der Waals surface area contributed by atoms with Crippen LogP contribution in [0.1, 0.15) is 24.0 Å². The van der Waals surface area contributed by atoms with E-state index in [-0.39, 0.29) is 17.7 Å². The van der Waals surface area contributed by atoms with E-state index in [1.807, 2.05) is 18.2 Å². The van der Waals surface area contributed by atoms with Crippen LogP contribution in [0, 0.1) is 0 Å². The Morgan fingerprint density at radius 2 is 2.08 bits per heavy atom. The van der Waals surface area contributed by atoms with E-state index in [9.17, 15) is 9.90 Å². The third kappa shape index (κ3) is 4.22. The Kier molecular flexibility index (Phi) is 5.40. The molecule has 6 nitrogen and oxygen atoms in total. The van der Waals surface area contributed by atoms with E-state index in [2.05, 4.69) is 23.0 Å². The zero-order chi connectivity index (χ0) is 17.6. The molecule has 132 valence electrons. The van der Waals surface area contributed by atoms with Crippen molar-refractivity contribution in [2.75, 3.05) is 13.2 Å². The number of fused-ring (bicyclic) bond motifs is 1. The highest BCUT2D eigenvalue weighted by molar-refractivity contribution is 5.66. The first-order valence-electron chi connectivity index (χ1n) is 8.35. The molecule has 6 heteroatoms. The van der Waals surface area contributed by atoms with Gasteiger partial charge in [-0.25, -0.2) is 10.2 Å². The smallest absolute Gasteiger partial charge is 0.421 e. The summed E-state index contributed by atoms with van der Waals surface area (Å²) in [7, 11) is 0. The number of carbonyl (C=O) groups excluding carboxylic acids is 1. The maximum absolute atomic E-state index is 11.6. The molecule has 2 unspecified atom stereocenters. The van der Waals surface area contributed by atoms with Gasteiger partial charge in [-0.1, -0.05) is 30.3 Å². The number of phenolic OH excluding ortho intramolecular Hbond substituents is 1. The van der Waals surface area contributed by atoms with Gasteiger partial charge in [0, 0.05) is 11.5 Å². The highest BCUT2D eigenvalue weighted by Crippen LogP contribution is 2.37. The molecule has 0 aliphatic carbocycles. The number of hydrogen-bond acceptors (Lipinski definition) is 5. The molecule has 3 rings (SSSR count). The summed E-state index contributed by atoms with van der Waals surface area (Å²) in [4.78, 5) is 11.6. The van der Waals surface area contributed by atoms with Gasteiger partial charge < -0.3 is 14.6 Å². The van der Waals surface area contributed by atoms with Gasteiger partial charge >= 0.3 is 6.09 Å². The summed E-state index contributed by atoms with van der Waals surface area (Å²) in [6, 6.07) is 15.1. The van der Waals surface area contributed by atoms with Crippen molar-refractivity contribution in [2.24, 2.45) is 0 Å². The summed E-state index contributed by atoms with van der Waals surface area (Å²) >= 11 is 0. The summed E-state index contributed by atoms with van der Waals surface area (Å²) in [5.41, 5.74) is 7.65. The van der Waals surface area contributed by atoms with Gasteiger partial charge in [0.2, 0.25) is 0 Å². The van der Waals surface area contributed by atoms with Crippen molar-refractivity contribution in [3.63, 3.8) is 0 Å². The summed E-state index contributed by atoms with van der Waals surface area (Å²) in [6.07, 6.45) is 0.227. The number of ether oxygens (including phenoxy) is 2. The normalized spacial score (nSPS) is 18.8. The third-order valence-electron chi connectivity index (χ3n) is 4.23. The molecule has 0 aromatic heterocycles. The molecule has 1 amide bonds. The van der Waals surface area contributed by atoms with Crippen molar-refractivity contribution in [3.05, 3.63) is 59.7 Å². The van der Waals surface area contributed by atoms with Crippen molar-refractivity contribution in [1.82, 2.24) is 10.9 Å². The standard InChI is InChI=1S/C19H22N2O4/c1-2-24-19(23)21-20-17-12-25-18-9-8-14(22)11-16(18)15(17)10-13-6-4-3-5-7-13/h3-9,11,15,17,20,22H,2,10,12H2,1H3,(H,21,23). The van der Waals surface area contributed by atoms with E-state index in [0.717, 1.165) is 17.7 Å². The minimum atomic E-state index is -0.525. The number of aromatic hydroxyl groups is 1. The molecule has 3 N–H and O–H groups in total. The minimum Gasteiger partial charge on any atom is -0.508 e. The first-order valence-corrected chi connectivity index (χ1v) is 8.35. The van der Waals surface area contributed by atoms with E-state index in [4.69, 9.17) is 9.47 Å². The molecule has 25 heavy (non-hydrogen) atoms. The van der Waals surface area contributed by atoms with Crippen LogP contribution in [0.3, 0.4) is 0 Å². The van der Waals surface area contributed by atoms with E-state index >= 15 is 0 Å². The molecule has 2 atom stereocenters. The second-order valence-corrected chi connectivity index (χ2v) is 5.93. The van der Waals surface area contributed by atoms with Crippen molar-refractivity contribution < 1.29 is 19.4 Å². The maximum atomic E-state index is 11.6. The third-order valence-corrected chi connectivity index (χ3v) is 4.23. The van der Waals surface area contributed by atoms with Gasteiger partial charge in [-0.3, -0.25) is 5.43 Å². The van der Waals surface area contributed by atoms with E-state index in [0.29, 0.717) is 13.2 Å². The second kappa shape index (κ2) is 7.90. The van der Waals surface area contributed by atoms with Crippen molar-refractivity contribution in [1.29, 1.82) is 0 Å². The van der Waals surface area contributed by atoms with Crippen molar-refractivity contribution in [3.8, 4) is 11.5 Å². The topological polar surface area (TPSA) is 79.8 Å². The number of rotatable bonds is 5. The van der Waals surface area contributed by atoms with E-state index < -0.39 is 6.09 Å². The molecule has 1 heterocycles. The van der Waals surface area contributed by atoms with Crippen LogP contribution in [0.25, 0.3) is 0 Å². The first kappa shape index (κ1) is 17.1. The van der Waals surface area contributed by atoms with Gasteiger partial charge in [-0.2, -0.15) is 0 Å². The summed E-state index contributed by atoms with van der Waals surface area (Å²) in [6.45, 7) is 2.46. The van der Waals surface area contributed by atoms with E-state index in [1.54, 1.807) is 25.1 Å². The second-order valence-electron chi connectivity index (χ2n) is 5.93. The van der Waals surface area contributed by atoms with Gasteiger partial charge in [-0.15, -0.1) is 0 Å². The molecule has 0 fully saturated rings. The van der Waals surface area contributed by atoms with Crippen LogP contribution in [0.2, 0.25) is 0 Å². The summed E-state index contributed by atoms with van der Waals surface area (Å²) in [5.74, 6) is 0.979. The number of carbonyl (C=O) groups is 1. The fraction of sp³-hybridized carbons (Fsp3) is 0.316. The van der Waals surface area contributed by atoms with Crippen LogP contribution in [-0.2, 0) is 11.2 Å². The lowest BCUT2D eigenvalue weighted by Crippen LogP contribution is -2.51. The zero-order valence-electron chi connectivity index (χ0n) is 14.1. The Morgan fingerprint density at radius 3 is 2.84 bits per heavy atom. The van der Waals surface area contributed by atoms with Crippen LogP contribution in [0.15, 0.2) is 48.5 Å². The minimum absolute atomic E-state index is 0.0279. The molecule has 2 aromatic rings. The number of phenols is 1. The molecular weight excluding hydrogens is 320 g/mol. The highest BCUT2D eigenvalue weighted by Gasteiger charge is 2.31. The fourth-order valence-corrected chi connectivity index (χ4v) is 3.05. The molecule has 0 spiro atoms. The lowest BCUT2D eigenvalue weighted by Gasteiger charge is -2.34. The van der Waals surface area contributed by atoms with Crippen molar-refractivity contribution in [2.45, 2.75) is 25.3 Å². The molecular formula is C19H22N2O4. The van der Waals surface area contributed by atoms with Crippen LogP contribution >= 0.6 is 0 Å². The maximum Gasteiger partial charge on any atom is 0.421 e. The highest BCUT2D eigenvalue weighted by atomic mass is 16.6. The van der Waals surface area contributed by atoms with Gasteiger partial charge in [0.15, 0.2) is 0 Å². The molecule has 1 aliphatic heterocycles. The quantitative estimate of drug-likeness (QED) is 0.728. The van der Waals surface area contributed by atoms with Gasteiger partial charge in [0.25, 0.3) is 0 Å². The largest absolute Gasteiger partial charge is 0.508 e. The average molecular weight is 342 g/mol. The van der Waals surface area contributed by atoms with E-state index in [1.165, 1.54) is 5.56 Å².